The predicted octanol–water partition coefficient (Wildman–Crippen LogP) is 2.91. The molecule has 2 heterocycles. The molecular formula is C14H19N3OS. The van der Waals surface area contributed by atoms with Crippen molar-refractivity contribution < 1.29 is 4.74 Å². The number of anilines is 1. The number of benzene rings is 1. The van der Waals surface area contributed by atoms with Gasteiger partial charge in [-0.15, -0.1) is 0 Å². The van der Waals surface area contributed by atoms with Gasteiger partial charge in [-0.05, 0) is 37.7 Å². The van der Waals surface area contributed by atoms with Crippen LogP contribution in [0.5, 0.6) is 5.75 Å². The van der Waals surface area contributed by atoms with E-state index in [1.807, 2.05) is 23.9 Å². The third kappa shape index (κ3) is 2.16. The molecule has 3 rings (SSSR count). The van der Waals surface area contributed by atoms with Crippen molar-refractivity contribution in [1.82, 2.24) is 9.55 Å². The summed E-state index contributed by atoms with van der Waals surface area (Å²) in [7, 11) is 1.66. The number of hydrogen-bond donors (Lipinski definition) is 1. The zero-order valence-corrected chi connectivity index (χ0v) is 12.2. The minimum Gasteiger partial charge on any atom is -0.494 e. The summed E-state index contributed by atoms with van der Waals surface area (Å²) in [5.74, 6) is 2.60. The molecule has 0 saturated carbocycles. The summed E-state index contributed by atoms with van der Waals surface area (Å²) < 4.78 is 7.74. The van der Waals surface area contributed by atoms with E-state index in [2.05, 4.69) is 22.5 Å². The highest BCUT2D eigenvalue weighted by molar-refractivity contribution is 8.00. The molecule has 1 aromatic heterocycles. The number of methoxy groups -OCH3 is 1. The number of thioether (sulfide) groups is 1. The van der Waals surface area contributed by atoms with E-state index in [0.717, 1.165) is 23.3 Å². The molecule has 1 aliphatic rings. The van der Waals surface area contributed by atoms with Crippen LogP contribution >= 0.6 is 11.8 Å². The first kappa shape index (κ1) is 12.7. The smallest absolute Gasteiger partial charge is 0.201 e. The van der Waals surface area contributed by atoms with Crippen LogP contribution in [0.2, 0.25) is 0 Å². The monoisotopic (exact) mass is 277 g/mol. The first-order valence-corrected chi connectivity index (χ1v) is 7.54. The molecule has 1 aliphatic heterocycles. The van der Waals surface area contributed by atoms with Crippen molar-refractivity contribution in [3.8, 4) is 5.75 Å². The molecule has 2 aromatic rings. The van der Waals surface area contributed by atoms with E-state index >= 15 is 0 Å². The highest BCUT2D eigenvalue weighted by atomic mass is 32.2. The Morgan fingerprint density at radius 1 is 1.53 bits per heavy atom. The molecule has 19 heavy (non-hydrogen) atoms. The van der Waals surface area contributed by atoms with Crippen LogP contribution in [0.15, 0.2) is 18.2 Å². The van der Waals surface area contributed by atoms with Crippen molar-refractivity contribution in [2.75, 3.05) is 18.6 Å². The third-order valence-electron chi connectivity index (χ3n) is 3.78. The summed E-state index contributed by atoms with van der Waals surface area (Å²) in [6.07, 6.45) is 2.53. The van der Waals surface area contributed by atoms with E-state index in [-0.39, 0.29) is 4.75 Å². The Hall–Kier alpha value is -1.36. The van der Waals surface area contributed by atoms with Crippen LogP contribution in [0, 0.1) is 0 Å². The summed E-state index contributed by atoms with van der Waals surface area (Å²) in [5, 5.41) is 0. The minimum atomic E-state index is 0.269. The summed E-state index contributed by atoms with van der Waals surface area (Å²) in [4.78, 5) is 4.46. The van der Waals surface area contributed by atoms with Gasteiger partial charge < -0.3 is 15.0 Å². The average Bonchev–Trinajstić information content (AvgIpc) is 2.95. The standard InChI is InChI=1S/C14H19N3OS/c1-14(7-4-8-19-14)9-17-10-5-3-6-11(18-2)12(10)16-13(17)15/h3,5-6H,4,7-9H2,1-2H3,(H2,15,16). The predicted molar refractivity (Wildman–Crippen MR) is 80.8 cm³/mol. The Morgan fingerprint density at radius 2 is 2.37 bits per heavy atom. The zero-order chi connectivity index (χ0) is 13.5. The Labute approximate surface area is 117 Å². The maximum absolute atomic E-state index is 6.10. The van der Waals surface area contributed by atoms with Crippen LogP contribution in [-0.4, -0.2) is 27.2 Å². The quantitative estimate of drug-likeness (QED) is 0.937. The summed E-state index contributed by atoms with van der Waals surface area (Å²) >= 11 is 2.03. The number of aromatic nitrogens is 2. The van der Waals surface area contributed by atoms with Crippen LogP contribution in [-0.2, 0) is 6.54 Å². The fraction of sp³-hybridized carbons (Fsp3) is 0.500. The van der Waals surface area contributed by atoms with Gasteiger partial charge in [0.15, 0.2) is 0 Å². The van der Waals surface area contributed by atoms with Crippen LogP contribution in [0.4, 0.5) is 5.95 Å². The lowest BCUT2D eigenvalue weighted by atomic mass is 10.1. The number of fused-ring (bicyclic) bond motifs is 1. The van der Waals surface area contributed by atoms with Crippen molar-refractivity contribution in [2.24, 2.45) is 0 Å². The number of nitrogens with two attached hydrogens (primary N) is 1. The molecule has 0 amide bonds. The molecule has 102 valence electrons. The molecule has 5 heteroatoms. The van der Waals surface area contributed by atoms with Gasteiger partial charge in [-0.1, -0.05) is 6.07 Å². The van der Waals surface area contributed by atoms with Gasteiger partial charge in [-0.25, -0.2) is 4.98 Å². The van der Waals surface area contributed by atoms with Gasteiger partial charge in [0, 0.05) is 11.3 Å². The summed E-state index contributed by atoms with van der Waals surface area (Å²) in [5.41, 5.74) is 8.02. The Bertz CT molecular complexity index is 602. The van der Waals surface area contributed by atoms with E-state index in [0.29, 0.717) is 5.95 Å². The second kappa shape index (κ2) is 4.63. The topological polar surface area (TPSA) is 53.1 Å². The van der Waals surface area contributed by atoms with Crippen LogP contribution in [0.25, 0.3) is 11.0 Å². The number of nitrogen functional groups attached to an aromatic ring is 1. The zero-order valence-electron chi connectivity index (χ0n) is 11.3. The van der Waals surface area contributed by atoms with E-state index in [4.69, 9.17) is 10.5 Å². The van der Waals surface area contributed by atoms with E-state index < -0.39 is 0 Å². The molecule has 1 aromatic carbocycles. The lowest BCUT2D eigenvalue weighted by molar-refractivity contribution is 0.419. The maximum atomic E-state index is 6.10. The number of hydrogen-bond acceptors (Lipinski definition) is 4. The Balaban J connectivity index is 2.06. The minimum absolute atomic E-state index is 0.269. The van der Waals surface area contributed by atoms with Crippen LogP contribution < -0.4 is 10.5 Å². The highest BCUT2D eigenvalue weighted by Crippen LogP contribution is 2.40. The number of rotatable bonds is 3. The Morgan fingerprint density at radius 3 is 3.05 bits per heavy atom. The SMILES string of the molecule is COc1cccc2c1nc(N)n2CC1(C)CCCS1. The van der Waals surface area contributed by atoms with Crippen molar-refractivity contribution in [3.05, 3.63) is 18.2 Å². The summed E-state index contributed by atoms with van der Waals surface area (Å²) in [6, 6.07) is 5.97. The largest absolute Gasteiger partial charge is 0.494 e. The fourth-order valence-electron chi connectivity index (χ4n) is 2.77. The van der Waals surface area contributed by atoms with Crippen molar-refractivity contribution >= 4 is 28.7 Å². The molecule has 1 fully saturated rings. The van der Waals surface area contributed by atoms with E-state index in [1.54, 1.807) is 7.11 Å². The molecule has 1 atom stereocenters. The van der Waals surface area contributed by atoms with Crippen molar-refractivity contribution in [1.29, 1.82) is 0 Å². The molecule has 1 unspecified atom stereocenters. The Kier molecular flexibility index (Phi) is 3.09. The number of nitrogens with zero attached hydrogens (tertiary/aromatic N) is 2. The lowest BCUT2D eigenvalue weighted by Gasteiger charge is -2.24. The second-order valence-electron chi connectivity index (χ2n) is 5.29. The van der Waals surface area contributed by atoms with E-state index in [1.165, 1.54) is 18.6 Å². The second-order valence-corrected chi connectivity index (χ2v) is 6.97. The van der Waals surface area contributed by atoms with Crippen molar-refractivity contribution in [3.63, 3.8) is 0 Å². The molecule has 2 N–H and O–H groups in total. The normalized spacial score (nSPS) is 23.1. The summed E-state index contributed by atoms with van der Waals surface area (Å²) in [6.45, 7) is 3.23. The molecule has 0 bridgehead atoms. The molecule has 1 saturated heterocycles. The lowest BCUT2D eigenvalue weighted by Crippen LogP contribution is -2.24. The number of para-hydroxylation sites is 1. The van der Waals surface area contributed by atoms with Gasteiger partial charge in [-0.3, -0.25) is 0 Å². The first-order valence-electron chi connectivity index (χ1n) is 6.56. The van der Waals surface area contributed by atoms with Gasteiger partial charge in [0.25, 0.3) is 0 Å². The van der Waals surface area contributed by atoms with Crippen LogP contribution in [0.1, 0.15) is 19.8 Å². The van der Waals surface area contributed by atoms with Crippen molar-refractivity contribution in [2.45, 2.75) is 31.1 Å². The van der Waals surface area contributed by atoms with Gasteiger partial charge in [0.2, 0.25) is 5.95 Å². The molecular weight excluding hydrogens is 258 g/mol. The molecule has 4 nitrogen and oxygen atoms in total. The van der Waals surface area contributed by atoms with Gasteiger partial charge in [0.1, 0.15) is 11.3 Å². The average molecular weight is 277 g/mol. The fourth-order valence-corrected chi connectivity index (χ4v) is 4.06. The van der Waals surface area contributed by atoms with Gasteiger partial charge in [-0.2, -0.15) is 11.8 Å². The first-order chi connectivity index (χ1) is 9.13. The number of ether oxygens (including phenoxy) is 1. The van der Waals surface area contributed by atoms with E-state index in [9.17, 15) is 0 Å². The molecule has 0 radical (unpaired) electrons. The van der Waals surface area contributed by atoms with Gasteiger partial charge in [0.05, 0.1) is 12.6 Å². The highest BCUT2D eigenvalue weighted by Gasteiger charge is 2.31. The third-order valence-corrected chi connectivity index (χ3v) is 5.31. The number of imidazole rings is 1. The maximum Gasteiger partial charge on any atom is 0.201 e. The van der Waals surface area contributed by atoms with Gasteiger partial charge >= 0.3 is 0 Å². The molecule has 0 spiro atoms. The molecule has 0 aliphatic carbocycles. The van der Waals surface area contributed by atoms with Crippen LogP contribution in [0.3, 0.4) is 0 Å².